The molecule has 1 aromatic carbocycles. The molecule has 2 N–H and O–H groups in total. The molecule has 112 valence electrons. The number of hydrogen-bond acceptors (Lipinski definition) is 3. The van der Waals surface area contributed by atoms with E-state index in [1.165, 1.54) is 0 Å². The molecule has 0 radical (unpaired) electrons. The number of aryl methyl sites for hydroxylation is 2. The summed E-state index contributed by atoms with van der Waals surface area (Å²) in [6, 6.07) is 9.21. The van der Waals surface area contributed by atoms with Crippen molar-refractivity contribution < 1.29 is 14.3 Å². The van der Waals surface area contributed by atoms with Gasteiger partial charge in [-0.2, -0.15) is 0 Å². The highest BCUT2D eigenvalue weighted by molar-refractivity contribution is 6.05. The zero-order valence-electron chi connectivity index (χ0n) is 12.4. The van der Waals surface area contributed by atoms with Gasteiger partial charge in [0.2, 0.25) is 5.78 Å². The Morgan fingerprint density at radius 1 is 1.14 bits per heavy atom. The number of fused-ring (bicyclic) bond motifs is 1. The third-order valence-corrected chi connectivity index (χ3v) is 3.59. The van der Waals surface area contributed by atoms with E-state index >= 15 is 0 Å². The van der Waals surface area contributed by atoms with Crippen LogP contribution >= 0.6 is 0 Å². The van der Waals surface area contributed by atoms with Gasteiger partial charge in [-0.3, -0.25) is 4.79 Å². The monoisotopic (exact) mass is 296 g/mol. The molecular weight excluding hydrogens is 280 g/mol. The molecule has 3 aromatic rings. The van der Waals surface area contributed by atoms with Gasteiger partial charge in [0.05, 0.1) is 5.56 Å². The van der Waals surface area contributed by atoms with E-state index in [4.69, 9.17) is 4.74 Å². The maximum Gasteiger partial charge on any atom is 0.340 e. The molecule has 3 rings (SSSR count). The molecule has 0 aliphatic heterocycles. The number of para-hydroxylation sites is 1. The first kappa shape index (κ1) is 14.1. The zero-order valence-corrected chi connectivity index (χ0v) is 12.4. The molecule has 0 amide bonds. The summed E-state index contributed by atoms with van der Waals surface area (Å²) < 4.78 is 5.15. The van der Waals surface area contributed by atoms with Crippen LogP contribution in [0.1, 0.15) is 32.1 Å². The maximum atomic E-state index is 12.1. The van der Waals surface area contributed by atoms with Crippen molar-refractivity contribution in [2.75, 3.05) is 6.61 Å². The zero-order chi connectivity index (χ0) is 15.7. The molecule has 5 heteroatoms. The molecular formula is C17H16N2O3. The normalized spacial score (nSPS) is 10.8. The van der Waals surface area contributed by atoms with Crippen LogP contribution in [0.4, 0.5) is 0 Å². The smallest absolute Gasteiger partial charge is 0.340 e. The van der Waals surface area contributed by atoms with Crippen molar-refractivity contribution in [2.24, 2.45) is 0 Å². The standard InChI is InChI=1S/C17H16N2O3/c1-10-7-13(11(2)19-10)16(20)9-22-17(21)14-8-18-15-6-4-3-5-12(14)15/h3-8,18-19H,9H2,1-2H3. The van der Waals surface area contributed by atoms with Crippen molar-refractivity contribution in [3.05, 3.63) is 59.0 Å². The number of esters is 1. The van der Waals surface area contributed by atoms with Crippen LogP contribution in [0.25, 0.3) is 10.9 Å². The van der Waals surface area contributed by atoms with Crippen molar-refractivity contribution in [2.45, 2.75) is 13.8 Å². The fourth-order valence-corrected chi connectivity index (χ4v) is 2.54. The number of carbonyl (C=O) groups excluding carboxylic acids is 2. The Bertz CT molecular complexity index is 858. The highest BCUT2D eigenvalue weighted by atomic mass is 16.5. The number of carbonyl (C=O) groups is 2. The van der Waals surface area contributed by atoms with Crippen LogP contribution < -0.4 is 0 Å². The van der Waals surface area contributed by atoms with Gasteiger partial charge in [0.1, 0.15) is 0 Å². The first-order chi connectivity index (χ1) is 10.6. The van der Waals surface area contributed by atoms with Crippen LogP contribution in [-0.2, 0) is 4.74 Å². The van der Waals surface area contributed by atoms with Gasteiger partial charge in [0.15, 0.2) is 6.61 Å². The molecule has 2 aromatic heterocycles. The number of Topliss-reactive ketones (excluding diaryl/α,β-unsaturated/α-hetero) is 1. The predicted molar refractivity (Wildman–Crippen MR) is 83.2 cm³/mol. The summed E-state index contributed by atoms with van der Waals surface area (Å²) >= 11 is 0. The average Bonchev–Trinajstić information content (AvgIpc) is 3.07. The number of aromatic amines is 2. The Labute approximate surface area is 127 Å². The van der Waals surface area contributed by atoms with Crippen LogP contribution in [-0.4, -0.2) is 28.3 Å². The van der Waals surface area contributed by atoms with E-state index in [-0.39, 0.29) is 12.4 Å². The minimum Gasteiger partial charge on any atom is -0.454 e. The Hall–Kier alpha value is -2.82. The summed E-state index contributed by atoms with van der Waals surface area (Å²) in [5.74, 6) is -0.717. The highest BCUT2D eigenvalue weighted by Crippen LogP contribution is 2.18. The molecule has 2 heterocycles. The second-order valence-corrected chi connectivity index (χ2v) is 5.24. The molecule has 0 bridgehead atoms. The van der Waals surface area contributed by atoms with Gasteiger partial charge in [0.25, 0.3) is 0 Å². The lowest BCUT2D eigenvalue weighted by Gasteiger charge is -2.03. The number of rotatable bonds is 4. The number of H-pyrrole nitrogens is 2. The summed E-state index contributed by atoms with van der Waals surface area (Å²) in [7, 11) is 0. The van der Waals surface area contributed by atoms with E-state index in [0.717, 1.165) is 22.3 Å². The number of ketones is 1. The second kappa shape index (κ2) is 5.52. The van der Waals surface area contributed by atoms with Crippen LogP contribution in [0.2, 0.25) is 0 Å². The minimum absolute atomic E-state index is 0.213. The molecule has 0 saturated carbocycles. The van der Waals surface area contributed by atoms with Gasteiger partial charge in [-0.15, -0.1) is 0 Å². The minimum atomic E-state index is -0.504. The molecule has 0 saturated heterocycles. The lowest BCUT2D eigenvalue weighted by atomic mass is 10.1. The van der Waals surface area contributed by atoms with Gasteiger partial charge in [-0.05, 0) is 26.0 Å². The molecule has 22 heavy (non-hydrogen) atoms. The highest BCUT2D eigenvalue weighted by Gasteiger charge is 2.17. The first-order valence-electron chi connectivity index (χ1n) is 6.99. The van der Waals surface area contributed by atoms with E-state index in [9.17, 15) is 9.59 Å². The van der Waals surface area contributed by atoms with Crippen molar-refractivity contribution in [1.29, 1.82) is 0 Å². The number of hydrogen-bond donors (Lipinski definition) is 2. The number of benzene rings is 1. The van der Waals surface area contributed by atoms with E-state index in [1.54, 1.807) is 12.3 Å². The topological polar surface area (TPSA) is 75.0 Å². The van der Waals surface area contributed by atoms with Gasteiger partial charge < -0.3 is 14.7 Å². The van der Waals surface area contributed by atoms with Crippen LogP contribution in [0.3, 0.4) is 0 Å². The largest absolute Gasteiger partial charge is 0.454 e. The van der Waals surface area contributed by atoms with Crippen LogP contribution in [0.15, 0.2) is 36.5 Å². The SMILES string of the molecule is Cc1cc(C(=O)COC(=O)c2c[nH]c3ccccc23)c(C)[nH]1. The predicted octanol–water partition coefficient (Wildman–Crippen LogP) is 3.15. The van der Waals surface area contributed by atoms with E-state index in [0.29, 0.717) is 11.1 Å². The van der Waals surface area contributed by atoms with Gasteiger partial charge in [-0.25, -0.2) is 4.79 Å². The van der Waals surface area contributed by atoms with E-state index < -0.39 is 5.97 Å². The number of nitrogens with one attached hydrogen (secondary N) is 2. The first-order valence-corrected chi connectivity index (χ1v) is 6.99. The Morgan fingerprint density at radius 2 is 1.91 bits per heavy atom. The number of aromatic nitrogens is 2. The fraction of sp³-hybridized carbons (Fsp3) is 0.176. The van der Waals surface area contributed by atoms with Crippen molar-refractivity contribution in [3.8, 4) is 0 Å². The fourth-order valence-electron chi connectivity index (χ4n) is 2.54. The molecule has 0 aliphatic carbocycles. The lowest BCUT2D eigenvalue weighted by Crippen LogP contribution is -2.14. The second-order valence-electron chi connectivity index (χ2n) is 5.24. The lowest BCUT2D eigenvalue weighted by molar-refractivity contribution is 0.0476. The molecule has 0 fully saturated rings. The van der Waals surface area contributed by atoms with Crippen LogP contribution in [0.5, 0.6) is 0 Å². The van der Waals surface area contributed by atoms with Crippen molar-refractivity contribution >= 4 is 22.7 Å². The summed E-state index contributed by atoms with van der Waals surface area (Å²) in [5.41, 5.74) is 3.54. The summed E-state index contributed by atoms with van der Waals surface area (Å²) in [4.78, 5) is 30.3. The molecule has 0 unspecified atom stereocenters. The van der Waals surface area contributed by atoms with Gasteiger partial charge >= 0.3 is 5.97 Å². The molecule has 0 atom stereocenters. The van der Waals surface area contributed by atoms with Gasteiger partial charge in [0, 0.05) is 34.1 Å². The number of ether oxygens (including phenoxy) is 1. The summed E-state index contributed by atoms with van der Waals surface area (Å²) in [6.07, 6.45) is 1.60. The summed E-state index contributed by atoms with van der Waals surface area (Å²) in [5, 5.41) is 0.786. The molecule has 0 spiro atoms. The quantitative estimate of drug-likeness (QED) is 0.573. The molecule has 5 nitrogen and oxygen atoms in total. The average molecular weight is 296 g/mol. The third kappa shape index (κ3) is 2.53. The van der Waals surface area contributed by atoms with Crippen molar-refractivity contribution in [1.82, 2.24) is 9.97 Å². The summed E-state index contributed by atoms with van der Waals surface area (Å²) in [6.45, 7) is 3.43. The molecule has 0 aliphatic rings. The van der Waals surface area contributed by atoms with E-state index in [1.807, 2.05) is 38.1 Å². The Balaban J connectivity index is 1.72. The van der Waals surface area contributed by atoms with Gasteiger partial charge in [-0.1, -0.05) is 18.2 Å². The van der Waals surface area contributed by atoms with Crippen LogP contribution in [0, 0.1) is 13.8 Å². The third-order valence-electron chi connectivity index (χ3n) is 3.59. The van der Waals surface area contributed by atoms with E-state index in [2.05, 4.69) is 9.97 Å². The maximum absolute atomic E-state index is 12.1. The van der Waals surface area contributed by atoms with Crippen molar-refractivity contribution in [3.63, 3.8) is 0 Å². The Morgan fingerprint density at radius 3 is 2.64 bits per heavy atom. The Kier molecular flexibility index (Phi) is 3.55.